The van der Waals surface area contributed by atoms with Crippen molar-refractivity contribution in [3.8, 4) is 0 Å². The van der Waals surface area contributed by atoms with Crippen LogP contribution in [-0.4, -0.2) is 24.6 Å². The standard InChI is InChI=1S/C18H17ClN2O2S/c1-24-15-4-2-3-13(11-15)20-17(22)16-9-10-21(18(16)23)14-7-5-12(19)6-8-14/h2-8,11,16H,9-10H2,1H3,(H,20,22). The maximum absolute atomic E-state index is 12.6. The highest BCUT2D eigenvalue weighted by atomic mass is 35.5. The summed E-state index contributed by atoms with van der Waals surface area (Å²) in [4.78, 5) is 27.7. The van der Waals surface area contributed by atoms with Gasteiger partial charge >= 0.3 is 0 Å². The highest BCUT2D eigenvalue weighted by Crippen LogP contribution is 2.27. The molecule has 0 aliphatic carbocycles. The molecule has 3 rings (SSSR count). The zero-order chi connectivity index (χ0) is 17.1. The number of amides is 2. The van der Waals surface area contributed by atoms with E-state index in [2.05, 4.69) is 5.32 Å². The molecule has 1 heterocycles. The van der Waals surface area contributed by atoms with Crippen molar-refractivity contribution < 1.29 is 9.59 Å². The second-order valence-electron chi connectivity index (χ2n) is 5.53. The van der Waals surface area contributed by atoms with Crippen LogP contribution in [0.5, 0.6) is 0 Å². The lowest BCUT2D eigenvalue weighted by Crippen LogP contribution is -2.33. The highest BCUT2D eigenvalue weighted by Gasteiger charge is 2.37. The lowest BCUT2D eigenvalue weighted by molar-refractivity contribution is -0.129. The van der Waals surface area contributed by atoms with E-state index < -0.39 is 5.92 Å². The molecule has 1 aliphatic heterocycles. The minimum Gasteiger partial charge on any atom is -0.325 e. The minimum absolute atomic E-state index is 0.171. The molecule has 0 spiro atoms. The molecule has 4 nitrogen and oxygen atoms in total. The van der Waals surface area contributed by atoms with Crippen LogP contribution in [0.15, 0.2) is 53.4 Å². The molecule has 6 heteroatoms. The first-order chi connectivity index (χ1) is 11.6. The summed E-state index contributed by atoms with van der Waals surface area (Å²) < 4.78 is 0. The van der Waals surface area contributed by atoms with E-state index >= 15 is 0 Å². The lowest BCUT2D eigenvalue weighted by atomic mass is 10.1. The van der Waals surface area contributed by atoms with Gasteiger partial charge in [-0.3, -0.25) is 9.59 Å². The number of nitrogens with zero attached hydrogens (tertiary/aromatic N) is 1. The minimum atomic E-state index is -0.654. The van der Waals surface area contributed by atoms with E-state index in [4.69, 9.17) is 11.6 Å². The number of benzene rings is 2. The fraction of sp³-hybridized carbons (Fsp3) is 0.222. The number of nitrogens with one attached hydrogen (secondary N) is 1. The predicted molar refractivity (Wildman–Crippen MR) is 98.8 cm³/mol. The number of hydrogen-bond donors (Lipinski definition) is 1. The highest BCUT2D eigenvalue weighted by molar-refractivity contribution is 7.98. The number of thioether (sulfide) groups is 1. The quantitative estimate of drug-likeness (QED) is 0.661. The fourth-order valence-electron chi connectivity index (χ4n) is 2.73. The van der Waals surface area contributed by atoms with Crippen molar-refractivity contribution in [1.29, 1.82) is 0 Å². The van der Waals surface area contributed by atoms with E-state index in [-0.39, 0.29) is 11.8 Å². The first-order valence-corrected chi connectivity index (χ1v) is 9.20. The molecule has 0 radical (unpaired) electrons. The molecule has 1 saturated heterocycles. The van der Waals surface area contributed by atoms with Gasteiger partial charge in [0, 0.05) is 27.8 Å². The fourth-order valence-corrected chi connectivity index (χ4v) is 3.32. The van der Waals surface area contributed by atoms with Gasteiger partial charge < -0.3 is 10.2 Å². The normalized spacial score (nSPS) is 17.2. The summed E-state index contributed by atoms with van der Waals surface area (Å²) in [6.07, 6.45) is 2.49. The molecule has 0 saturated carbocycles. The van der Waals surface area contributed by atoms with Crippen LogP contribution >= 0.6 is 23.4 Å². The molecule has 1 aliphatic rings. The molecule has 0 bridgehead atoms. The Bertz CT molecular complexity index is 764. The Labute approximate surface area is 150 Å². The molecule has 2 amide bonds. The van der Waals surface area contributed by atoms with E-state index in [9.17, 15) is 9.59 Å². The number of anilines is 2. The summed E-state index contributed by atoms with van der Waals surface area (Å²) in [5.41, 5.74) is 1.48. The third-order valence-electron chi connectivity index (χ3n) is 4.00. The molecule has 1 unspecified atom stereocenters. The topological polar surface area (TPSA) is 49.4 Å². The lowest BCUT2D eigenvalue weighted by Gasteiger charge is -2.17. The molecule has 2 aromatic rings. The zero-order valence-corrected chi connectivity index (χ0v) is 14.7. The summed E-state index contributed by atoms with van der Waals surface area (Å²) in [5, 5.41) is 3.47. The van der Waals surface area contributed by atoms with E-state index in [1.165, 1.54) is 0 Å². The number of halogens is 1. The molecule has 2 aromatic carbocycles. The maximum Gasteiger partial charge on any atom is 0.239 e. The molecule has 1 atom stereocenters. The molecule has 24 heavy (non-hydrogen) atoms. The van der Waals surface area contributed by atoms with Gasteiger partial charge in [0.25, 0.3) is 0 Å². The average molecular weight is 361 g/mol. The molecule has 1 fully saturated rings. The molecular weight excluding hydrogens is 344 g/mol. The van der Waals surface area contributed by atoms with Crippen LogP contribution in [0.4, 0.5) is 11.4 Å². The number of rotatable bonds is 4. The van der Waals surface area contributed by atoms with Crippen LogP contribution in [-0.2, 0) is 9.59 Å². The Balaban J connectivity index is 1.70. The molecular formula is C18H17ClN2O2S. The smallest absolute Gasteiger partial charge is 0.239 e. The summed E-state index contributed by atoms with van der Waals surface area (Å²) in [6, 6.07) is 14.7. The van der Waals surface area contributed by atoms with Crippen molar-refractivity contribution in [2.75, 3.05) is 23.0 Å². The van der Waals surface area contributed by atoms with Crippen LogP contribution in [0.2, 0.25) is 5.02 Å². The summed E-state index contributed by atoms with van der Waals surface area (Å²) in [5.74, 6) is -1.08. The van der Waals surface area contributed by atoms with Crippen molar-refractivity contribution in [2.24, 2.45) is 5.92 Å². The third-order valence-corrected chi connectivity index (χ3v) is 4.97. The summed E-state index contributed by atoms with van der Waals surface area (Å²) in [7, 11) is 0. The summed E-state index contributed by atoms with van der Waals surface area (Å²) in [6.45, 7) is 0.531. The molecule has 124 valence electrons. The Morgan fingerprint density at radius 3 is 2.71 bits per heavy atom. The van der Waals surface area contributed by atoms with Crippen molar-refractivity contribution in [3.63, 3.8) is 0 Å². The Morgan fingerprint density at radius 2 is 2.00 bits per heavy atom. The number of carbonyl (C=O) groups excluding carboxylic acids is 2. The van der Waals surface area contributed by atoms with Gasteiger partial charge in [-0.2, -0.15) is 0 Å². The van der Waals surface area contributed by atoms with Gasteiger partial charge in [0.15, 0.2) is 0 Å². The van der Waals surface area contributed by atoms with Gasteiger partial charge in [-0.05, 0) is 55.1 Å². The number of carbonyl (C=O) groups is 2. The van der Waals surface area contributed by atoms with Crippen LogP contribution in [0.25, 0.3) is 0 Å². The van der Waals surface area contributed by atoms with E-state index in [1.807, 2.05) is 30.5 Å². The van der Waals surface area contributed by atoms with Crippen molar-refractivity contribution in [3.05, 3.63) is 53.6 Å². The molecule has 1 N–H and O–H groups in total. The first kappa shape index (κ1) is 16.9. The van der Waals surface area contributed by atoms with Gasteiger partial charge in [0.05, 0.1) is 0 Å². The van der Waals surface area contributed by atoms with E-state index in [0.717, 1.165) is 10.6 Å². The van der Waals surface area contributed by atoms with Gasteiger partial charge in [0.2, 0.25) is 11.8 Å². The van der Waals surface area contributed by atoms with E-state index in [0.29, 0.717) is 23.7 Å². The number of hydrogen-bond acceptors (Lipinski definition) is 3. The zero-order valence-electron chi connectivity index (χ0n) is 13.2. The van der Waals surface area contributed by atoms with Crippen LogP contribution < -0.4 is 10.2 Å². The Kier molecular flexibility index (Phi) is 5.11. The van der Waals surface area contributed by atoms with Crippen LogP contribution in [0.1, 0.15) is 6.42 Å². The van der Waals surface area contributed by atoms with Crippen LogP contribution in [0.3, 0.4) is 0 Å². The van der Waals surface area contributed by atoms with E-state index in [1.54, 1.807) is 40.9 Å². The largest absolute Gasteiger partial charge is 0.325 e. The van der Waals surface area contributed by atoms with Crippen molar-refractivity contribution in [1.82, 2.24) is 0 Å². The van der Waals surface area contributed by atoms with Gasteiger partial charge in [-0.25, -0.2) is 0 Å². The van der Waals surface area contributed by atoms with Crippen molar-refractivity contribution in [2.45, 2.75) is 11.3 Å². The third kappa shape index (κ3) is 3.57. The second kappa shape index (κ2) is 7.28. The SMILES string of the molecule is CSc1cccc(NC(=O)C2CCN(c3ccc(Cl)cc3)C2=O)c1. The van der Waals surface area contributed by atoms with Gasteiger partial charge in [0.1, 0.15) is 5.92 Å². The Hall–Kier alpha value is -1.98. The van der Waals surface area contributed by atoms with Gasteiger partial charge in [-0.15, -0.1) is 11.8 Å². The monoisotopic (exact) mass is 360 g/mol. The van der Waals surface area contributed by atoms with Gasteiger partial charge in [-0.1, -0.05) is 17.7 Å². The predicted octanol–water partition coefficient (Wildman–Crippen LogP) is 4.05. The molecule has 0 aromatic heterocycles. The second-order valence-corrected chi connectivity index (χ2v) is 6.84. The van der Waals surface area contributed by atoms with Crippen molar-refractivity contribution >= 4 is 46.6 Å². The maximum atomic E-state index is 12.6. The first-order valence-electron chi connectivity index (χ1n) is 7.60. The van der Waals surface area contributed by atoms with Crippen LogP contribution in [0, 0.1) is 5.92 Å². The Morgan fingerprint density at radius 1 is 1.25 bits per heavy atom. The summed E-state index contributed by atoms with van der Waals surface area (Å²) >= 11 is 7.48. The average Bonchev–Trinajstić information content (AvgIpc) is 2.97.